The van der Waals surface area contributed by atoms with Gasteiger partial charge in [-0.25, -0.2) is 0 Å². The molecule has 1 amide bonds. The molecule has 0 spiro atoms. The molecule has 2 rings (SSSR count). The summed E-state index contributed by atoms with van der Waals surface area (Å²) in [5, 5.41) is 5.91. The smallest absolute Gasteiger partial charge is 0.250 e. The van der Waals surface area contributed by atoms with Crippen LogP contribution >= 0.6 is 0 Å². The normalized spacial score (nSPS) is 19.7. The third kappa shape index (κ3) is 2.30. The zero-order chi connectivity index (χ0) is 11.5. The molecule has 2 heterocycles. The van der Waals surface area contributed by atoms with Crippen LogP contribution in [0.3, 0.4) is 0 Å². The van der Waals surface area contributed by atoms with Crippen molar-refractivity contribution in [1.29, 1.82) is 0 Å². The van der Waals surface area contributed by atoms with Crippen molar-refractivity contribution in [3.05, 3.63) is 28.7 Å². The molecule has 0 radical (unpaired) electrons. The Hall–Kier alpha value is -1.62. The third-order valence-electron chi connectivity index (χ3n) is 2.73. The van der Waals surface area contributed by atoms with Gasteiger partial charge < -0.3 is 15.2 Å². The van der Waals surface area contributed by atoms with E-state index in [9.17, 15) is 9.59 Å². The van der Waals surface area contributed by atoms with Crippen molar-refractivity contribution in [1.82, 2.24) is 9.88 Å². The maximum Gasteiger partial charge on any atom is 0.250 e. The summed E-state index contributed by atoms with van der Waals surface area (Å²) in [6, 6.07) is 2.96. The molecule has 86 valence electrons. The summed E-state index contributed by atoms with van der Waals surface area (Å²) < 4.78 is 1.44. The van der Waals surface area contributed by atoms with E-state index in [0.717, 1.165) is 19.4 Å². The Morgan fingerprint density at radius 3 is 3.00 bits per heavy atom. The first-order chi connectivity index (χ1) is 7.66. The van der Waals surface area contributed by atoms with E-state index in [1.165, 1.54) is 10.6 Å². The highest BCUT2D eigenvalue weighted by Gasteiger charge is 2.21. The van der Waals surface area contributed by atoms with E-state index in [4.69, 9.17) is 0 Å². The van der Waals surface area contributed by atoms with Gasteiger partial charge in [0.15, 0.2) is 0 Å². The molecule has 0 unspecified atom stereocenters. The predicted molar refractivity (Wildman–Crippen MR) is 61.3 cm³/mol. The average molecular weight is 221 g/mol. The van der Waals surface area contributed by atoms with Gasteiger partial charge in [-0.15, -0.1) is 0 Å². The molecule has 5 nitrogen and oxygen atoms in total. The molecule has 16 heavy (non-hydrogen) atoms. The minimum Gasteiger partial charge on any atom is -0.323 e. The predicted octanol–water partition coefficient (Wildman–Crippen LogP) is 0.0758. The number of carbonyl (C=O) groups excluding carboxylic acids is 1. The first-order valence-electron chi connectivity index (χ1n) is 5.38. The number of nitrogens with one attached hydrogen (secondary N) is 2. The molecule has 2 N–H and O–H groups in total. The molecule has 1 aliphatic heterocycles. The van der Waals surface area contributed by atoms with Gasteiger partial charge in [0.2, 0.25) is 11.5 Å². The molecule has 0 bridgehead atoms. The van der Waals surface area contributed by atoms with Gasteiger partial charge in [-0.05, 0) is 25.5 Å². The molecule has 1 aliphatic rings. The van der Waals surface area contributed by atoms with E-state index >= 15 is 0 Å². The summed E-state index contributed by atoms with van der Waals surface area (Å²) in [5.41, 5.74) is 0.567. The van der Waals surface area contributed by atoms with Gasteiger partial charge in [0.1, 0.15) is 0 Å². The largest absolute Gasteiger partial charge is 0.323 e. The molecular formula is C11H15N3O2. The minimum absolute atomic E-state index is 0.0313. The Balaban J connectivity index is 2.05. The summed E-state index contributed by atoms with van der Waals surface area (Å²) in [4.78, 5) is 22.9. The number of pyridine rings is 1. The standard InChI is InChI=1S/C11H15N3O2/c1-14-7-8(4-5-10(14)15)13-11(16)9-3-2-6-12-9/h4-5,7,9,12H,2-3,6H2,1H3,(H,13,16)/t9-/m1/s1. The van der Waals surface area contributed by atoms with Gasteiger partial charge >= 0.3 is 0 Å². The molecule has 1 atom stereocenters. The molecule has 0 aromatic carbocycles. The lowest BCUT2D eigenvalue weighted by Gasteiger charge is -2.11. The van der Waals surface area contributed by atoms with Gasteiger partial charge in [-0.2, -0.15) is 0 Å². The van der Waals surface area contributed by atoms with Crippen molar-refractivity contribution < 1.29 is 4.79 Å². The molecular weight excluding hydrogens is 206 g/mol. The fourth-order valence-electron chi connectivity index (χ4n) is 1.81. The van der Waals surface area contributed by atoms with E-state index in [1.807, 2.05) is 0 Å². The molecule has 1 saturated heterocycles. The van der Waals surface area contributed by atoms with Crippen LogP contribution in [0.2, 0.25) is 0 Å². The molecule has 0 aliphatic carbocycles. The summed E-state index contributed by atoms with van der Waals surface area (Å²) in [7, 11) is 1.66. The van der Waals surface area contributed by atoms with Crippen LogP contribution in [0.15, 0.2) is 23.1 Å². The Morgan fingerprint density at radius 1 is 1.56 bits per heavy atom. The lowest BCUT2D eigenvalue weighted by atomic mass is 10.2. The summed E-state index contributed by atoms with van der Waals surface area (Å²) in [6.45, 7) is 0.894. The van der Waals surface area contributed by atoms with Crippen molar-refractivity contribution in [2.24, 2.45) is 7.05 Å². The third-order valence-corrected chi connectivity index (χ3v) is 2.73. The topological polar surface area (TPSA) is 63.1 Å². The van der Waals surface area contributed by atoms with Crippen LogP contribution in [0.5, 0.6) is 0 Å². The maximum absolute atomic E-state index is 11.7. The number of nitrogens with zero attached hydrogens (tertiary/aromatic N) is 1. The number of amides is 1. The number of hydrogen-bond donors (Lipinski definition) is 2. The monoisotopic (exact) mass is 221 g/mol. The van der Waals surface area contributed by atoms with Crippen LogP contribution in [0.25, 0.3) is 0 Å². The number of aromatic nitrogens is 1. The van der Waals surface area contributed by atoms with Crippen molar-refractivity contribution in [3.8, 4) is 0 Å². The maximum atomic E-state index is 11.7. The molecule has 0 saturated carbocycles. The molecule has 1 fully saturated rings. The van der Waals surface area contributed by atoms with Crippen LogP contribution in [0, 0.1) is 0 Å². The second-order valence-corrected chi connectivity index (χ2v) is 4.01. The second kappa shape index (κ2) is 4.49. The molecule has 5 heteroatoms. The van der Waals surface area contributed by atoms with E-state index in [1.54, 1.807) is 19.3 Å². The van der Waals surface area contributed by atoms with E-state index in [0.29, 0.717) is 5.69 Å². The number of aryl methyl sites for hydroxylation is 1. The highest BCUT2D eigenvalue weighted by Crippen LogP contribution is 2.09. The van der Waals surface area contributed by atoms with E-state index < -0.39 is 0 Å². The zero-order valence-electron chi connectivity index (χ0n) is 9.19. The van der Waals surface area contributed by atoms with Crippen molar-refractivity contribution in [2.45, 2.75) is 18.9 Å². The number of hydrogen-bond acceptors (Lipinski definition) is 3. The minimum atomic E-state index is -0.0998. The quantitative estimate of drug-likeness (QED) is 0.743. The first-order valence-corrected chi connectivity index (χ1v) is 5.38. The van der Waals surface area contributed by atoms with Crippen molar-refractivity contribution in [2.75, 3.05) is 11.9 Å². The summed E-state index contributed by atoms with van der Waals surface area (Å²) in [6.07, 6.45) is 3.53. The van der Waals surface area contributed by atoms with E-state index in [-0.39, 0.29) is 17.5 Å². The Bertz CT molecular complexity index is 447. The van der Waals surface area contributed by atoms with Crippen LogP contribution in [0.4, 0.5) is 5.69 Å². The lowest BCUT2D eigenvalue weighted by molar-refractivity contribution is -0.117. The van der Waals surface area contributed by atoms with Crippen LogP contribution < -0.4 is 16.2 Å². The van der Waals surface area contributed by atoms with Crippen LogP contribution in [-0.2, 0) is 11.8 Å². The van der Waals surface area contributed by atoms with Gasteiger partial charge in [0, 0.05) is 19.3 Å². The first kappa shape index (κ1) is 10.9. The molecule has 1 aromatic heterocycles. The van der Waals surface area contributed by atoms with Gasteiger partial charge in [-0.3, -0.25) is 9.59 Å². The second-order valence-electron chi connectivity index (χ2n) is 4.01. The zero-order valence-corrected chi connectivity index (χ0v) is 9.19. The van der Waals surface area contributed by atoms with Crippen LogP contribution in [-0.4, -0.2) is 23.1 Å². The fraction of sp³-hybridized carbons (Fsp3) is 0.455. The summed E-state index contributed by atoms with van der Waals surface area (Å²) >= 11 is 0. The van der Waals surface area contributed by atoms with Gasteiger partial charge in [-0.1, -0.05) is 0 Å². The van der Waals surface area contributed by atoms with Gasteiger partial charge in [0.25, 0.3) is 0 Å². The van der Waals surface area contributed by atoms with Crippen LogP contribution in [0.1, 0.15) is 12.8 Å². The van der Waals surface area contributed by atoms with Crippen molar-refractivity contribution >= 4 is 11.6 Å². The SMILES string of the molecule is Cn1cc(NC(=O)[C@H]2CCCN2)ccc1=O. The summed E-state index contributed by atoms with van der Waals surface area (Å²) in [5.74, 6) is -0.0313. The number of carbonyl (C=O) groups is 1. The highest BCUT2D eigenvalue weighted by atomic mass is 16.2. The lowest BCUT2D eigenvalue weighted by Crippen LogP contribution is -2.35. The number of rotatable bonds is 2. The Labute approximate surface area is 93.5 Å². The average Bonchev–Trinajstić information content (AvgIpc) is 2.77. The number of anilines is 1. The van der Waals surface area contributed by atoms with Gasteiger partial charge in [0.05, 0.1) is 11.7 Å². The molecule has 1 aromatic rings. The Kier molecular flexibility index (Phi) is 3.05. The van der Waals surface area contributed by atoms with E-state index in [2.05, 4.69) is 10.6 Å². The van der Waals surface area contributed by atoms with Crippen molar-refractivity contribution in [3.63, 3.8) is 0 Å². The highest BCUT2D eigenvalue weighted by molar-refractivity contribution is 5.94. The fourth-order valence-corrected chi connectivity index (χ4v) is 1.81. The Morgan fingerprint density at radius 2 is 2.38 bits per heavy atom.